The molecule has 1 saturated heterocycles. The lowest BCUT2D eigenvalue weighted by Crippen LogP contribution is -2.43. The van der Waals surface area contributed by atoms with Gasteiger partial charge in [-0.3, -0.25) is 0 Å². The molecular weight excluding hydrogens is 216 g/mol. The van der Waals surface area contributed by atoms with Crippen molar-refractivity contribution in [2.75, 3.05) is 37.7 Å². The van der Waals surface area contributed by atoms with Crippen LogP contribution in [0.1, 0.15) is 26.2 Å². The van der Waals surface area contributed by atoms with Gasteiger partial charge in [-0.1, -0.05) is 12.8 Å². The number of rotatable bonds is 7. The van der Waals surface area contributed by atoms with E-state index in [1.807, 2.05) is 11.8 Å². The van der Waals surface area contributed by atoms with Gasteiger partial charge in [0.15, 0.2) is 0 Å². The molecule has 0 saturated carbocycles. The van der Waals surface area contributed by atoms with Crippen LogP contribution >= 0.6 is 11.8 Å². The van der Waals surface area contributed by atoms with E-state index < -0.39 is 0 Å². The van der Waals surface area contributed by atoms with Gasteiger partial charge in [0.2, 0.25) is 0 Å². The highest BCUT2D eigenvalue weighted by atomic mass is 32.2. The number of terminal acetylenes is 1. The molecule has 3 heteroatoms. The van der Waals surface area contributed by atoms with Crippen molar-refractivity contribution in [3.05, 3.63) is 0 Å². The molecule has 92 valence electrons. The smallest absolute Gasteiger partial charge is 0.0545 e. The number of likely N-dealkylation sites (tertiary alicyclic amines) is 1. The Kier molecular flexibility index (Phi) is 7.75. The summed E-state index contributed by atoms with van der Waals surface area (Å²) in [6.45, 7) is 7.09. The monoisotopic (exact) mass is 240 g/mol. The first-order valence-electron chi connectivity index (χ1n) is 6.33. The number of nitrogens with one attached hydrogen (secondary N) is 1. The number of hydrogen-bond donors (Lipinski definition) is 1. The van der Waals surface area contributed by atoms with Crippen molar-refractivity contribution in [2.45, 2.75) is 32.2 Å². The van der Waals surface area contributed by atoms with Gasteiger partial charge in [-0.15, -0.1) is 18.2 Å². The molecule has 1 heterocycles. The first-order chi connectivity index (χ1) is 7.86. The third kappa shape index (κ3) is 5.79. The summed E-state index contributed by atoms with van der Waals surface area (Å²) in [6.07, 6.45) is 9.07. The van der Waals surface area contributed by atoms with E-state index in [1.165, 1.54) is 51.2 Å². The van der Waals surface area contributed by atoms with Crippen molar-refractivity contribution in [2.24, 2.45) is 0 Å². The molecule has 0 aromatic heterocycles. The standard InChI is InChI=1S/C13H24N2S/c1-3-7-14-13-5-8-15(9-6-13)10-12-16-11-4-2/h2,13-14H,3,5-12H2,1H3. The van der Waals surface area contributed by atoms with Gasteiger partial charge in [0.1, 0.15) is 0 Å². The summed E-state index contributed by atoms with van der Waals surface area (Å²) in [6, 6.07) is 0.759. The van der Waals surface area contributed by atoms with Gasteiger partial charge in [-0.25, -0.2) is 0 Å². The van der Waals surface area contributed by atoms with Crippen LogP contribution < -0.4 is 5.32 Å². The largest absolute Gasteiger partial charge is 0.314 e. The quantitative estimate of drug-likeness (QED) is 0.540. The molecule has 0 unspecified atom stereocenters. The zero-order chi connectivity index (χ0) is 11.6. The van der Waals surface area contributed by atoms with Crippen LogP contribution in [0.25, 0.3) is 0 Å². The van der Waals surface area contributed by atoms with E-state index in [2.05, 4.69) is 23.1 Å². The second-order valence-corrected chi connectivity index (χ2v) is 5.43. The van der Waals surface area contributed by atoms with Crippen LogP contribution in [-0.2, 0) is 0 Å². The maximum Gasteiger partial charge on any atom is 0.0545 e. The molecule has 2 nitrogen and oxygen atoms in total. The molecule has 0 aliphatic carbocycles. The average Bonchev–Trinajstić information content (AvgIpc) is 2.33. The van der Waals surface area contributed by atoms with Gasteiger partial charge in [0.05, 0.1) is 5.75 Å². The number of piperidine rings is 1. The Morgan fingerprint density at radius 3 is 2.81 bits per heavy atom. The highest BCUT2D eigenvalue weighted by molar-refractivity contribution is 7.99. The lowest BCUT2D eigenvalue weighted by Gasteiger charge is -2.32. The molecule has 0 aromatic rings. The lowest BCUT2D eigenvalue weighted by molar-refractivity contribution is 0.208. The summed E-state index contributed by atoms with van der Waals surface area (Å²) < 4.78 is 0. The van der Waals surface area contributed by atoms with Gasteiger partial charge < -0.3 is 10.2 Å². The minimum absolute atomic E-state index is 0.759. The predicted molar refractivity (Wildman–Crippen MR) is 73.9 cm³/mol. The maximum absolute atomic E-state index is 5.22. The summed E-state index contributed by atoms with van der Waals surface area (Å²) in [5.41, 5.74) is 0. The summed E-state index contributed by atoms with van der Waals surface area (Å²) in [5.74, 6) is 4.70. The Labute approximate surface area is 105 Å². The van der Waals surface area contributed by atoms with Crippen LogP contribution in [0.4, 0.5) is 0 Å². The molecule has 0 bridgehead atoms. The van der Waals surface area contributed by atoms with Gasteiger partial charge in [0.25, 0.3) is 0 Å². The van der Waals surface area contributed by atoms with Crippen LogP contribution in [0.3, 0.4) is 0 Å². The molecule has 1 aliphatic heterocycles. The van der Waals surface area contributed by atoms with Crippen molar-refractivity contribution >= 4 is 11.8 Å². The Bertz CT molecular complexity index is 204. The molecule has 1 N–H and O–H groups in total. The third-order valence-corrected chi connectivity index (χ3v) is 3.85. The van der Waals surface area contributed by atoms with Crippen molar-refractivity contribution in [1.29, 1.82) is 0 Å². The van der Waals surface area contributed by atoms with Gasteiger partial charge in [-0.05, 0) is 38.9 Å². The SMILES string of the molecule is C#CCSCCN1CCC(NCCC)CC1. The van der Waals surface area contributed by atoms with Crippen LogP contribution in [0.2, 0.25) is 0 Å². The molecule has 0 radical (unpaired) electrons. The van der Waals surface area contributed by atoms with Gasteiger partial charge in [-0.2, -0.15) is 0 Å². The third-order valence-electron chi connectivity index (χ3n) is 3.01. The molecule has 16 heavy (non-hydrogen) atoms. The van der Waals surface area contributed by atoms with Crippen LogP contribution in [0, 0.1) is 12.3 Å². The lowest BCUT2D eigenvalue weighted by atomic mass is 10.1. The fraction of sp³-hybridized carbons (Fsp3) is 0.846. The molecule has 0 aromatic carbocycles. The van der Waals surface area contributed by atoms with Gasteiger partial charge in [0, 0.05) is 18.3 Å². The molecule has 0 spiro atoms. The minimum atomic E-state index is 0.759. The molecule has 1 fully saturated rings. The number of hydrogen-bond acceptors (Lipinski definition) is 3. The summed E-state index contributed by atoms with van der Waals surface area (Å²) >= 11 is 1.87. The van der Waals surface area contributed by atoms with Gasteiger partial charge >= 0.3 is 0 Å². The summed E-state index contributed by atoms with van der Waals surface area (Å²) in [5, 5.41) is 3.61. The fourth-order valence-electron chi connectivity index (χ4n) is 2.03. The van der Waals surface area contributed by atoms with E-state index in [-0.39, 0.29) is 0 Å². The van der Waals surface area contributed by atoms with Crippen molar-refractivity contribution < 1.29 is 0 Å². The Morgan fingerprint density at radius 2 is 2.19 bits per heavy atom. The molecule has 0 atom stereocenters. The average molecular weight is 240 g/mol. The van der Waals surface area contributed by atoms with Crippen molar-refractivity contribution in [3.8, 4) is 12.3 Å². The second kappa shape index (κ2) is 8.92. The number of nitrogens with zero attached hydrogens (tertiary/aromatic N) is 1. The Balaban J connectivity index is 2.01. The first kappa shape index (κ1) is 13.9. The van der Waals surface area contributed by atoms with E-state index in [4.69, 9.17) is 6.42 Å². The normalized spacial score (nSPS) is 18.5. The molecular formula is C13H24N2S. The van der Waals surface area contributed by atoms with Crippen LogP contribution in [0.15, 0.2) is 0 Å². The molecule has 0 amide bonds. The van der Waals surface area contributed by atoms with E-state index in [0.29, 0.717) is 0 Å². The topological polar surface area (TPSA) is 15.3 Å². The summed E-state index contributed by atoms with van der Waals surface area (Å²) in [4.78, 5) is 2.56. The number of thioether (sulfide) groups is 1. The minimum Gasteiger partial charge on any atom is -0.314 e. The van der Waals surface area contributed by atoms with E-state index in [9.17, 15) is 0 Å². The summed E-state index contributed by atoms with van der Waals surface area (Å²) in [7, 11) is 0. The van der Waals surface area contributed by atoms with Crippen LogP contribution in [-0.4, -0.2) is 48.6 Å². The van der Waals surface area contributed by atoms with E-state index in [1.54, 1.807) is 0 Å². The van der Waals surface area contributed by atoms with E-state index in [0.717, 1.165) is 11.8 Å². The zero-order valence-corrected chi connectivity index (χ0v) is 11.2. The second-order valence-electron chi connectivity index (χ2n) is 4.33. The van der Waals surface area contributed by atoms with Crippen molar-refractivity contribution in [1.82, 2.24) is 10.2 Å². The highest BCUT2D eigenvalue weighted by Gasteiger charge is 2.17. The highest BCUT2D eigenvalue weighted by Crippen LogP contribution is 2.11. The van der Waals surface area contributed by atoms with E-state index >= 15 is 0 Å². The zero-order valence-electron chi connectivity index (χ0n) is 10.4. The molecule has 1 rings (SSSR count). The van der Waals surface area contributed by atoms with Crippen LogP contribution in [0.5, 0.6) is 0 Å². The fourth-order valence-corrected chi connectivity index (χ4v) is 2.68. The predicted octanol–water partition coefficient (Wildman–Crippen LogP) is 1.82. The van der Waals surface area contributed by atoms with Crippen molar-refractivity contribution in [3.63, 3.8) is 0 Å². The Hall–Kier alpha value is -0.170. The first-order valence-corrected chi connectivity index (χ1v) is 7.49. The maximum atomic E-state index is 5.22. The molecule has 1 aliphatic rings. The Morgan fingerprint density at radius 1 is 1.44 bits per heavy atom.